The maximum atomic E-state index is 12.4. The highest BCUT2D eigenvalue weighted by atomic mass is 16.5. The topological polar surface area (TPSA) is 114 Å². The summed E-state index contributed by atoms with van der Waals surface area (Å²) < 4.78 is 10.8. The number of amides is 2. The lowest BCUT2D eigenvalue weighted by Crippen LogP contribution is -2.56. The normalized spacial score (nSPS) is 20.2. The number of hydrogen-bond acceptors (Lipinski definition) is 7. The summed E-state index contributed by atoms with van der Waals surface area (Å²) in [4.78, 5) is 31.0. The second kappa shape index (κ2) is 8.14. The first-order valence-electron chi connectivity index (χ1n) is 9.75. The molecule has 1 atom stereocenters. The number of nitrogens with one attached hydrogen (secondary N) is 2. The molecule has 9 nitrogen and oxygen atoms in total. The molecule has 0 bridgehead atoms. The van der Waals surface area contributed by atoms with Crippen LogP contribution in [0, 0.1) is 6.92 Å². The second-order valence-corrected chi connectivity index (χ2v) is 7.41. The molecule has 4 rings (SSSR count). The molecule has 3 heterocycles. The summed E-state index contributed by atoms with van der Waals surface area (Å²) in [5, 5.41) is 9.64. The van der Waals surface area contributed by atoms with Crippen molar-refractivity contribution >= 4 is 11.8 Å². The third-order valence-corrected chi connectivity index (χ3v) is 5.06. The van der Waals surface area contributed by atoms with Gasteiger partial charge in [-0.2, -0.15) is 4.98 Å². The average molecular weight is 387 g/mol. The number of rotatable bonds is 8. The van der Waals surface area contributed by atoms with E-state index in [1.165, 1.54) is 0 Å². The van der Waals surface area contributed by atoms with Crippen LogP contribution >= 0.6 is 0 Å². The van der Waals surface area contributed by atoms with Crippen molar-refractivity contribution in [1.29, 1.82) is 0 Å². The van der Waals surface area contributed by atoms with E-state index in [0.717, 1.165) is 30.2 Å². The predicted molar refractivity (Wildman–Crippen MR) is 98.3 cm³/mol. The Balaban J connectivity index is 1.27. The van der Waals surface area contributed by atoms with Crippen LogP contribution in [-0.2, 0) is 22.6 Å². The van der Waals surface area contributed by atoms with E-state index in [9.17, 15) is 9.59 Å². The number of aromatic nitrogens is 2. The number of hydrogen-bond donors (Lipinski definition) is 2. The lowest BCUT2D eigenvalue weighted by Gasteiger charge is -2.34. The minimum absolute atomic E-state index is 0.0999. The third kappa shape index (κ3) is 4.59. The van der Waals surface area contributed by atoms with Gasteiger partial charge in [-0.1, -0.05) is 5.16 Å². The Kier molecular flexibility index (Phi) is 5.43. The molecular formula is C19H25N5O4. The number of carbonyl (C=O) groups is 2. The van der Waals surface area contributed by atoms with Gasteiger partial charge in [0.15, 0.2) is 5.82 Å². The van der Waals surface area contributed by atoms with Gasteiger partial charge in [-0.05, 0) is 31.9 Å². The maximum Gasteiger partial charge on any atom is 0.237 e. The zero-order valence-electron chi connectivity index (χ0n) is 15.9. The van der Waals surface area contributed by atoms with E-state index >= 15 is 0 Å². The molecule has 9 heteroatoms. The monoisotopic (exact) mass is 387 g/mol. The fourth-order valence-corrected chi connectivity index (χ4v) is 3.38. The minimum Gasteiger partial charge on any atom is -0.465 e. The van der Waals surface area contributed by atoms with Crippen LogP contribution in [0.3, 0.4) is 0 Å². The first-order chi connectivity index (χ1) is 13.6. The van der Waals surface area contributed by atoms with E-state index in [-0.39, 0.29) is 18.2 Å². The van der Waals surface area contributed by atoms with E-state index < -0.39 is 6.04 Å². The fraction of sp³-hybridized carbons (Fsp3) is 0.579. The Labute approximate surface area is 162 Å². The molecule has 150 valence electrons. The van der Waals surface area contributed by atoms with Crippen molar-refractivity contribution in [3.05, 3.63) is 35.4 Å². The molecule has 1 saturated carbocycles. The molecule has 1 aliphatic carbocycles. The Hall–Kier alpha value is -2.68. The largest absolute Gasteiger partial charge is 0.465 e. The summed E-state index contributed by atoms with van der Waals surface area (Å²) >= 11 is 0. The molecule has 2 aromatic heterocycles. The van der Waals surface area contributed by atoms with Gasteiger partial charge in [-0.15, -0.1) is 0 Å². The maximum absolute atomic E-state index is 12.4. The minimum atomic E-state index is -0.510. The number of aryl methyl sites for hydroxylation is 1. The van der Waals surface area contributed by atoms with Gasteiger partial charge in [0.1, 0.15) is 11.5 Å². The molecule has 0 radical (unpaired) electrons. The van der Waals surface area contributed by atoms with Gasteiger partial charge in [0.25, 0.3) is 0 Å². The quantitative estimate of drug-likeness (QED) is 0.692. The Morgan fingerprint density at radius 2 is 2.25 bits per heavy atom. The second-order valence-electron chi connectivity index (χ2n) is 7.41. The number of furan rings is 1. The van der Waals surface area contributed by atoms with Gasteiger partial charge < -0.3 is 19.6 Å². The fourth-order valence-electron chi connectivity index (χ4n) is 3.38. The highest BCUT2D eigenvalue weighted by molar-refractivity contribution is 5.88. The van der Waals surface area contributed by atoms with Gasteiger partial charge in [-0.25, -0.2) is 0 Å². The van der Waals surface area contributed by atoms with Crippen LogP contribution in [0.25, 0.3) is 0 Å². The highest BCUT2D eigenvalue weighted by Crippen LogP contribution is 2.38. The number of nitrogens with zero attached hydrogens (tertiary/aromatic N) is 3. The van der Waals surface area contributed by atoms with E-state index in [2.05, 4.69) is 20.8 Å². The van der Waals surface area contributed by atoms with Crippen molar-refractivity contribution < 1.29 is 18.5 Å². The molecule has 1 saturated heterocycles. The molecule has 28 heavy (non-hydrogen) atoms. The molecule has 2 fully saturated rings. The lowest BCUT2D eigenvalue weighted by molar-refractivity contribution is -0.134. The Morgan fingerprint density at radius 1 is 1.39 bits per heavy atom. The van der Waals surface area contributed by atoms with Crippen molar-refractivity contribution in [2.75, 3.05) is 19.6 Å². The molecule has 1 aliphatic heterocycles. The summed E-state index contributed by atoms with van der Waals surface area (Å²) in [6.45, 7) is 4.03. The molecular weight excluding hydrogens is 362 g/mol. The first-order valence-corrected chi connectivity index (χ1v) is 9.75. The van der Waals surface area contributed by atoms with Gasteiger partial charge in [0.05, 0.1) is 19.0 Å². The lowest BCUT2D eigenvalue weighted by atomic mass is 10.1. The van der Waals surface area contributed by atoms with Gasteiger partial charge >= 0.3 is 0 Å². The van der Waals surface area contributed by atoms with Crippen molar-refractivity contribution in [3.8, 4) is 0 Å². The highest BCUT2D eigenvalue weighted by Gasteiger charge is 2.32. The molecule has 2 N–H and O–H groups in total. The zero-order chi connectivity index (χ0) is 19.5. The summed E-state index contributed by atoms with van der Waals surface area (Å²) in [6.07, 6.45) is 2.82. The molecule has 2 aromatic rings. The molecule has 0 aromatic carbocycles. The van der Waals surface area contributed by atoms with Crippen LogP contribution in [0.1, 0.15) is 48.4 Å². The smallest absolute Gasteiger partial charge is 0.237 e. The summed E-state index contributed by atoms with van der Waals surface area (Å²) in [5.41, 5.74) is 0. The van der Waals surface area contributed by atoms with Crippen LogP contribution in [0.15, 0.2) is 21.1 Å². The van der Waals surface area contributed by atoms with E-state index in [4.69, 9.17) is 8.94 Å². The van der Waals surface area contributed by atoms with Gasteiger partial charge in [-0.3, -0.25) is 14.5 Å². The zero-order valence-corrected chi connectivity index (χ0v) is 15.9. The van der Waals surface area contributed by atoms with E-state index in [0.29, 0.717) is 44.4 Å². The number of carbonyl (C=O) groups excluding carboxylic acids is 2. The molecule has 2 aliphatic rings. The summed E-state index contributed by atoms with van der Waals surface area (Å²) in [6, 6.07) is 3.29. The third-order valence-electron chi connectivity index (χ3n) is 5.06. The predicted octanol–water partition coefficient (Wildman–Crippen LogP) is 0.898. The van der Waals surface area contributed by atoms with Crippen LogP contribution < -0.4 is 10.6 Å². The van der Waals surface area contributed by atoms with E-state index in [1.807, 2.05) is 24.0 Å². The van der Waals surface area contributed by atoms with Crippen molar-refractivity contribution in [2.45, 2.75) is 51.1 Å². The van der Waals surface area contributed by atoms with Crippen LogP contribution in [0.5, 0.6) is 0 Å². The molecule has 0 unspecified atom stereocenters. The van der Waals surface area contributed by atoms with Crippen LogP contribution in [-0.4, -0.2) is 52.5 Å². The average Bonchev–Trinajstić information content (AvgIpc) is 3.27. The van der Waals surface area contributed by atoms with Crippen LogP contribution in [0.2, 0.25) is 0 Å². The summed E-state index contributed by atoms with van der Waals surface area (Å²) in [5.74, 6) is 3.06. The van der Waals surface area contributed by atoms with Crippen molar-refractivity contribution in [3.63, 3.8) is 0 Å². The number of piperazine rings is 1. The van der Waals surface area contributed by atoms with Crippen molar-refractivity contribution in [2.24, 2.45) is 0 Å². The standard InChI is InChI=1S/C19H25N5O4/c1-12-2-5-14(27-12)11-24-9-8-21-19(26)15(24)10-16(25)20-7-6-17-22-18(23-28-17)13-3-4-13/h2,5,13,15H,3-4,6-11H2,1H3,(H,20,25)(H,21,26)/t15-/m1/s1. The summed E-state index contributed by atoms with van der Waals surface area (Å²) in [7, 11) is 0. The first kappa shape index (κ1) is 18.7. The van der Waals surface area contributed by atoms with Gasteiger partial charge in [0, 0.05) is 32.0 Å². The molecule has 2 amide bonds. The molecule has 0 spiro atoms. The van der Waals surface area contributed by atoms with Gasteiger partial charge in [0.2, 0.25) is 17.7 Å². The Morgan fingerprint density at radius 3 is 3.00 bits per heavy atom. The SMILES string of the molecule is Cc1ccc(CN2CCNC(=O)[C@H]2CC(=O)NCCc2nc(C3CC3)no2)o1. The Bertz CT molecular complexity index is 841. The van der Waals surface area contributed by atoms with Crippen LogP contribution in [0.4, 0.5) is 0 Å². The van der Waals surface area contributed by atoms with E-state index in [1.54, 1.807) is 0 Å². The van der Waals surface area contributed by atoms with Crippen molar-refractivity contribution in [1.82, 2.24) is 25.7 Å².